The Hall–Kier alpha value is -1.41. The Morgan fingerprint density at radius 1 is 1.56 bits per heavy atom. The first-order chi connectivity index (χ1) is 7.52. The molecule has 0 aliphatic rings. The topological polar surface area (TPSA) is 69.4 Å². The van der Waals surface area contributed by atoms with Crippen molar-refractivity contribution in [3.8, 4) is 16.3 Å². The summed E-state index contributed by atoms with van der Waals surface area (Å²) in [5.74, 6) is 0.336. The van der Waals surface area contributed by atoms with E-state index in [-0.39, 0.29) is 5.56 Å². The lowest BCUT2D eigenvalue weighted by Gasteiger charge is -1.93. The molecule has 0 unspecified atom stereocenters. The Labute approximate surface area is 94.8 Å². The second-order valence-corrected chi connectivity index (χ2v) is 4.84. The van der Waals surface area contributed by atoms with E-state index in [1.54, 1.807) is 0 Å². The summed E-state index contributed by atoms with van der Waals surface area (Å²) in [4.78, 5) is 0.460. The molecule has 0 saturated heterocycles. The molecule has 0 N–H and O–H groups in total. The van der Waals surface area contributed by atoms with Crippen molar-refractivity contribution in [1.82, 2.24) is 4.37 Å². The molecule has 2 aromatic rings. The highest BCUT2D eigenvalue weighted by Gasteiger charge is 2.23. The van der Waals surface area contributed by atoms with Crippen LogP contribution < -0.4 is 4.74 Å². The molecule has 5 nitrogen and oxygen atoms in total. The van der Waals surface area contributed by atoms with Crippen LogP contribution in [0.15, 0.2) is 27.9 Å². The molecule has 0 atom stereocenters. The van der Waals surface area contributed by atoms with Crippen molar-refractivity contribution in [1.29, 1.82) is 0 Å². The van der Waals surface area contributed by atoms with Gasteiger partial charge in [-0.2, -0.15) is 12.8 Å². The van der Waals surface area contributed by atoms with E-state index in [0.717, 1.165) is 17.8 Å². The van der Waals surface area contributed by atoms with Crippen LogP contribution in [-0.4, -0.2) is 19.9 Å². The number of ether oxygens (including phenoxy) is 1. The average molecular weight is 263 g/mol. The number of hydrogen-bond donors (Lipinski definition) is 0. The molecule has 0 saturated carbocycles. The molecule has 0 bridgehead atoms. The molecule has 0 amide bonds. The van der Waals surface area contributed by atoms with E-state index in [0.29, 0.717) is 10.8 Å². The fourth-order valence-electron chi connectivity index (χ4n) is 1.15. The number of furan rings is 1. The Morgan fingerprint density at radius 3 is 2.88 bits per heavy atom. The largest absolute Gasteiger partial charge is 0.480 e. The predicted octanol–water partition coefficient (Wildman–Crippen LogP) is 2.07. The standard InChI is InChI=1S/C8H6FNO4S2/c1-13-7-4-6(15-10-7)5-2-3-14-8(5)16(9,11)12/h2-4H,1H3. The van der Waals surface area contributed by atoms with Gasteiger partial charge in [-0.15, -0.1) is 0 Å². The van der Waals surface area contributed by atoms with E-state index in [9.17, 15) is 12.3 Å². The van der Waals surface area contributed by atoms with Gasteiger partial charge in [-0.05, 0) is 17.6 Å². The maximum Gasteiger partial charge on any atom is 0.366 e. The second-order valence-electron chi connectivity index (χ2n) is 2.79. The fraction of sp³-hybridized carbons (Fsp3) is 0.125. The third-order valence-corrected chi connectivity index (χ3v) is 3.38. The maximum atomic E-state index is 12.8. The zero-order valence-corrected chi connectivity index (χ0v) is 9.64. The molecule has 0 aliphatic heterocycles. The van der Waals surface area contributed by atoms with E-state index in [1.807, 2.05) is 0 Å². The number of methoxy groups -OCH3 is 1. The van der Waals surface area contributed by atoms with Gasteiger partial charge in [0, 0.05) is 6.07 Å². The molecule has 0 spiro atoms. The summed E-state index contributed by atoms with van der Waals surface area (Å²) in [6.45, 7) is 0. The second kappa shape index (κ2) is 3.87. The molecule has 86 valence electrons. The van der Waals surface area contributed by atoms with Crippen LogP contribution in [0.5, 0.6) is 5.88 Å². The lowest BCUT2D eigenvalue weighted by Crippen LogP contribution is -1.90. The van der Waals surface area contributed by atoms with E-state index in [1.165, 1.54) is 19.2 Å². The van der Waals surface area contributed by atoms with Gasteiger partial charge in [-0.3, -0.25) is 0 Å². The van der Waals surface area contributed by atoms with Gasteiger partial charge in [-0.25, -0.2) is 0 Å². The number of nitrogens with zero attached hydrogens (tertiary/aromatic N) is 1. The summed E-state index contributed by atoms with van der Waals surface area (Å²) >= 11 is 0.996. The Kier molecular flexibility index (Phi) is 2.68. The number of rotatable bonds is 3. The molecule has 0 fully saturated rings. The summed E-state index contributed by atoms with van der Waals surface area (Å²) < 4.78 is 47.7. The highest BCUT2D eigenvalue weighted by atomic mass is 32.3. The quantitative estimate of drug-likeness (QED) is 0.793. The molecule has 0 aromatic carbocycles. The van der Waals surface area contributed by atoms with Gasteiger partial charge < -0.3 is 9.15 Å². The summed E-state index contributed by atoms with van der Waals surface area (Å²) in [5, 5.41) is -0.709. The minimum atomic E-state index is -4.86. The van der Waals surface area contributed by atoms with Crippen LogP contribution in [0.1, 0.15) is 0 Å². The zero-order valence-electron chi connectivity index (χ0n) is 8.01. The van der Waals surface area contributed by atoms with Crippen LogP contribution in [0.4, 0.5) is 3.89 Å². The smallest absolute Gasteiger partial charge is 0.366 e. The fourth-order valence-corrected chi connectivity index (χ4v) is 2.55. The van der Waals surface area contributed by atoms with Crippen molar-refractivity contribution >= 4 is 21.8 Å². The lowest BCUT2D eigenvalue weighted by molar-refractivity contribution is 0.402. The minimum absolute atomic E-state index is 0.142. The highest BCUT2D eigenvalue weighted by molar-refractivity contribution is 7.86. The number of hydrogen-bond acceptors (Lipinski definition) is 6. The third-order valence-electron chi connectivity index (χ3n) is 1.81. The van der Waals surface area contributed by atoms with E-state index in [4.69, 9.17) is 4.74 Å². The Bertz CT molecular complexity index is 601. The Morgan fingerprint density at radius 2 is 2.31 bits per heavy atom. The first-order valence-corrected chi connectivity index (χ1v) is 6.21. The molecular weight excluding hydrogens is 257 g/mol. The maximum absolute atomic E-state index is 12.8. The Balaban J connectivity index is 2.53. The molecule has 0 aliphatic carbocycles. The van der Waals surface area contributed by atoms with Gasteiger partial charge in [0.05, 0.1) is 23.8 Å². The summed E-state index contributed by atoms with van der Waals surface area (Å²) in [5.41, 5.74) is 0.142. The first kappa shape index (κ1) is 11.1. The lowest BCUT2D eigenvalue weighted by atomic mass is 10.3. The van der Waals surface area contributed by atoms with Crippen LogP contribution in [0, 0.1) is 0 Å². The summed E-state index contributed by atoms with van der Waals surface area (Å²) in [7, 11) is -3.43. The molecule has 2 heterocycles. The molecule has 16 heavy (non-hydrogen) atoms. The molecule has 2 aromatic heterocycles. The zero-order chi connectivity index (χ0) is 11.8. The molecule has 2 rings (SSSR count). The van der Waals surface area contributed by atoms with Crippen molar-refractivity contribution in [2.75, 3.05) is 7.11 Å². The SMILES string of the molecule is COc1cc(-c2ccoc2S(=O)(=O)F)sn1. The van der Waals surface area contributed by atoms with Crippen LogP contribution in [0.2, 0.25) is 0 Å². The number of halogens is 1. The van der Waals surface area contributed by atoms with Crippen molar-refractivity contribution in [2.45, 2.75) is 5.09 Å². The van der Waals surface area contributed by atoms with Crippen LogP contribution >= 0.6 is 11.5 Å². The average Bonchev–Trinajstić information content (AvgIpc) is 2.84. The van der Waals surface area contributed by atoms with Crippen molar-refractivity contribution < 1.29 is 21.5 Å². The van der Waals surface area contributed by atoms with Gasteiger partial charge in [0.1, 0.15) is 0 Å². The monoisotopic (exact) mass is 263 g/mol. The predicted molar refractivity (Wildman–Crippen MR) is 54.7 cm³/mol. The molecular formula is C8H6FNO4S2. The van der Waals surface area contributed by atoms with E-state index >= 15 is 0 Å². The van der Waals surface area contributed by atoms with Gasteiger partial charge in [0.15, 0.2) is 0 Å². The summed E-state index contributed by atoms with van der Waals surface area (Å²) in [6.07, 6.45) is 1.11. The third kappa shape index (κ3) is 1.93. The van der Waals surface area contributed by atoms with Gasteiger partial charge >= 0.3 is 10.2 Å². The molecule has 0 radical (unpaired) electrons. The summed E-state index contributed by atoms with van der Waals surface area (Å²) in [6, 6.07) is 2.86. The van der Waals surface area contributed by atoms with E-state index in [2.05, 4.69) is 8.79 Å². The normalized spacial score (nSPS) is 11.6. The number of aromatic nitrogens is 1. The van der Waals surface area contributed by atoms with Crippen LogP contribution in [0.25, 0.3) is 10.4 Å². The van der Waals surface area contributed by atoms with Crippen LogP contribution in [0.3, 0.4) is 0 Å². The van der Waals surface area contributed by atoms with Gasteiger partial charge in [0.2, 0.25) is 5.88 Å². The van der Waals surface area contributed by atoms with Crippen LogP contribution in [-0.2, 0) is 10.2 Å². The van der Waals surface area contributed by atoms with Crippen molar-refractivity contribution in [3.63, 3.8) is 0 Å². The highest BCUT2D eigenvalue weighted by Crippen LogP contribution is 2.34. The van der Waals surface area contributed by atoms with Crippen molar-refractivity contribution in [2.24, 2.45) is 0 Å². The minimum Gasteiger partial charge on any atom is -0.480 e. The van der Waals surface area contributed by atoms with Gasteiger partial charge in [0.25, 0.3) is 5.09 Å². The van der Waals surface area contributed by atoms with Crippen molar-refractivity contribution in [3.05, 3.63) is 18.4 Å². The van der Waals surface area contributed by atoms with E-state index < -0.39 is 15.3 Å². The molecule has 8 heteroatoms. The van der Waals surface area contributed by atoms with Gasteiger partial charge in [-0.1, -0.05) is 3.89 Å². The first-order valence-electron chi connectivity index (χ1n) is 4.05.